The molecule has 7 heteroatoms. The third kappa shape index (κ3) is 5.70. The molecule has 0 fully saturated rings. The highest BCUT2D eigenvalue weighted by Crippen LogP contribution is 2.17. The van der Waals surface area contributed by atoms with Crippen LogP contribution in [0.1, 0.15) is 28.4 Å². The van der Waals surface area contributed by atoms with Crippen LogP contribution in [-0.2, 0) is 11.2 Å². The van der Waals surface area contributed by atoms with Gasteiger partial charge in [0.25, 0.3) is 0 Å². The highest BCUT2D eigenvalue weighted by atomic mass is 16.2. The highest BCUT2D eigenvalue weighted by Gasteiger charge is 2.20. The van der Waals surface area contributed by atoms with Gasteiger partial charge < -0.3 is 15.2 Å². The van der Waals surface area contributed by atoms with E-state index in [0.29, 0.717) is 17.9 Å². The fourth-order valence-corrected chi connectivity index (χ4v) is 3.49. The van der Waals surface area contributed by atoms with Crippen molar-refractivity contribution in [3.63, 3.8) is 0 Å². The molecular formula is C26H24N6O. The minimum Gasteiger partial charge on any atom is -0.309 e. The molecule has 0 radical (unpaired) electrons. The number of hydrogen-bond donors (Lipinski definition) is 2. The van der Waals surface area contributed by atoms with Crippen LogP contribution in [0.4, 0.5) is 5.82 Å². The van der Waals surface area contributed by atoms with Crippen LogP contribution >= 0.6 is 0 Å². The molecule has 4 rings (SSSR count). The van der Waals surface area contributed by atoms with E-state index in [1.807, 2.05) is 66.2 Å². The SMILES string of the molecule is Cc1cn(-c2ccc(NC(=O)[C@H](NCCc3ccc(C#N)cc3)c3ccccc3)nc2)cn1. The Bertz CT molecular complexity index is 1240. The van der Waals surface area contributed by atoms with Crippen LogP contribution in [0.5, 0.6) is 0 Å². The number of nitrogens with one attached hydrogen (secondary N) is 2. The van der Waals surface area contributed by atoms with Gasteiger partial charge in [-0.3, -0.25) is 4.79 Å². The fraction of sp³-hybridized carbons (Fsp3) is 0.154. The first-order valence-corrected chi connectivity index (χ1v) is 10.7. The summed E-state index contributed by atoms with van der Waals surface area (Å²) in [5.74, 6) is 0.301. The van der Waals surface area contributed by atoms with Crippen molar-refractivity contribution in [2.75, 3.05) is 11.9 Å². The zero-order valence-corrected chi connectivity index (χ0v) is 18.3. The molecule has 1 atom stereocenters. The molecule has 4 aromatic rings. The number of rotatable bonds is 8. The number of nitrogens with zero attached hydrogens (tertiary/aromatic N) is 4. The average molecular weight is 437 g/mol. The molecule has 2 aromatic heterocycles. The largest absolute Gasteiger partial charge is 0.309 e. The van der Waals surface area contributed by atoms with Gasteiger partial charge in [0.2, 0.25) is 5.91 Å². The van der Waals surface area contributed by atoms with Gasteiger partial charge in [0, 0.05) is 12.7 Å². The van der Waals surface area contributed by atoms with E-state index in [1.54, 1.807) is 30.7 Å². The van der Waals surface area contributed by atoms with Gasteiger partial charge in [-0.2, -0.15) is 5.26 Å². The number of anilines is 1. The summed E-state index contributed by atoms with van der Waals surface area (Å²) >= 11 is 0. The maximum Gasteiger partial charge on any atom is 0.247 e. The van der Waals surface area contributed by atoms with Crippen molar-refractivity contribution >= 4 is 11.7 Å². The summed E-state index contributed by atoms with van der Waals surface area (Å²) in [5.41, 5.74) is 4.40. The average Bonchev–Trinajstić information content (AvgIpc) is 3.29. The third-order valence-corrected chi connectivity index (χ3v) is 5.25. The van der Waals surface area contributed by atoms with Crippen LogP contribution in [0.3, 0.4) is 0 Å². The van der Waals surface area contributed by atoms with Crippen LogP contribution in [0.2, 0.25) is 0 Å². The quantitative estimate of drug-likeness (QED) is 0.436. The maximum atomic E-state index is 13.1. The number of aryl methyl sites for hydroxylation is 1. The minimum atomic E-state index is -0.526. The lowest BCUT2D eigenvalue weighted by Crippen LogP contribution is -2.34. The number of benzene rings is 2. The summed E-state index contributed by atoms with van der Waals surface area (Å²) in [5, 5.41) is 15.2. The van der Waals surface area contributed by atoms with Crippen molar-refractivity contribution in [3.8, 4) is 11.8 Å². The van der Waals surface area contributed by atoms with E-state index < -0.39 is 6.04 Å². The molecule has 1 amide bonds. The number of carbonyl (C=O) groups excluding carboxylic acids is 1. The summed E-state index contributed by atoms with van der Waals surface area (Å²) in [6.45, 7) is 2.53. The number of nitriles is 1. The lowest BCUT2D eigenvalue weighted by molar-refractivity contribution is -0.118. The molecule has 0 aliphatic carbocycles. The summed E-state index contributed by atoms with van der Waals surface area (Å²) < 4.78 is 1.88. The third-order valence-electron chi connectivity index (χ3n) is 5.25. The van der Waals surface area contributed by atoms with E-state index in [9.17, 15) is 4.79 Å². The molecule has 2 aromatic carbocycles. The molecule has 0 aliphatic rings. The number of imidazole rings is 1. The smallest absolute Gasteiger partial charge is 0.247 e. The van der Waals surface area contributed by atoms with Gasteiger partial charge in [-0.25, -0.2) is 9.97 Å². The van der Waals surface area contributed by atoms with Crippen molar-refractivity contribution in [2.24, 2.45) is 0 Å². The molecule has 7 nitrogen and oxygen atoms in total. The van der Waals surface area contributed by atoms with Gasteiger partial charge in [0.15, 0.2) is 0 Å². The molecule has 0 unspecified atom stereocenters. The first-order chi connectivity index (χ1) is 16.1. The van der Waals surface area contributed by atoms with Gasteiger partial charge in [0.1, 0.15) is 11.9 Å². The molecule has 2 heterocycles. The first-order valence-electron chi connectivity index (χ1n) is 10.7. The maximum absolute atomic E-state index is 13.1. The summed E-state index contributed by atoms with van der Waals surface area (Å²) in [4.78, 5) is 21.7. The zero-order valence-electron chi connectivity index (χ0n) is 18.3. The summed E-state index contributed by atoms with van der Waals surface area (Å²) in [6, 6.07) is 22.3. The summed E-state index contributed by atoms with van der Waals surface area (Å²) in [6.07, 6.45) is 6.08. The van der Waals surface area contributed by atoms with Crippen molar-refractivity contribution in [1.82, 2.24) is 19.9 Å². The van der Waals surface area contributed by atoms with Gasteiger partial charge >= 0.3 is 0 Å². The number of pyridine rings is 1. The Hall–Kier alpha value is -4.28. The van der Waals surface area contributed by atoms with E-state index in [2.05, 4.69) is 26.7 Å². The minimum absolute atomic E-state index is 0.181. The molecule has 0 saturated heterocycles. The van der Waals surface area contributed by atoms with Crippen LogP contribution in [-0.4, -0.2) is 27.0 Å². The van der Waals surface area contributed by atoms with Crippen molar-refractivity contribution in [3.05, 3.63) is 108 Å². The second-order valence-electron chi connectivity index (χ2n) is 7.67. The highest BCUT2D eigenvalue weighted by molar-refractivity contribution is 5.94. The molecule has 0 saturated carbocycles. The monoisotopic (exact) mass is 436 g/mol. The lowest BCUT2D eigenvalue weighted by atomic mass is 10.1. The van der Waals surface area contributed by atoms with Gasteiger partial charge in [-0.15, -0.1) is 0 Å². The first kappa shape index (κ1) is 21.9. The molecule has 2 N–H and O–H groups in total. The van der Waals surface area contributed by atoms with E-state index in [4.69, 9.17) is 5.26 Å². The second-order valence-corrected chi connectivity index (χ2v) is 7.67. The number of hydrogen-bond acceptors (Lipinski definition) is 5. The summed E-state index contributed by atoms with van der Waals surface area (Å²) in [7, 11) is 0. The van der Waals surface area contributed by atoms with Crippen molar-refractivity contribution in [2.45, 2.75) is 19.4 Å². The molecular weight excluding hydrogens is 412 g/mol. The normalized spacial score (nSPS) is 11.5. The Morgan fingerprint density at radius 3 is 2.48 bits per heavy atom. The van der Waals surface area contributed by atoms with E-state index in [-0.39, 0.29) is 5.91 Å². The van der Waals surface area contributed by atoms with E-state index >= 15 is 0 Å². The fourth-order valence-electron chi connectivity index (χ4n) is 3.49. The Kier molecular flexibility index (Phi) is 6.88. The molecule has 0 bridgehead atoms. The van der Waals surface area contributed by atoms with Crippen LogP contribution in [0.15, 0.2) is 85.5 Å². The number of aromatic nitrogens is 3. The van der Waals surface area contributed by atoms with E-state index in [1.165, 1.54) is 0 Å². The lowest BCUT2D eigenvalue weighted by Gasteiger charge is -2.19. The molecule has 0 spiro atoms. The predicted molar refractivity (Wildman–Crippen MR) is 127 cm³/mol. The van der Waals surface area contributed by atoms with Crippen molar-refractivity contribution in [1.29, 1.82) is 5.26 Å². The van der Waals surface area contributed by atoms with Gasteiger partial charge in [-0.05, 0) is 48.7 Å². The number of carbonyl (C=O) groups is 1. The Balaban J connectivity index is 1.42. The van der Waals surface area contributed by atoms with Crippen LogP contribution in [0, 0.1) is 18.3 Å². The van der Waals surface area contributed by atoms with Gasteiger partial charge in [-0.1, -0.05) is 42.5 Å². The number of amides is 1. The van der Waals surface area contributed by atoms with E-state index in [0.717, 1.165) is 28.9 Å². The molecule has 0 aliphatic heterocycles. The molecule has 33 heavy (non-hydrogen) atoms. The van der Waals surface area contributed by atoms with Crippen molar-refractivity contribution < 1.29 is 4.79 Å². The predicted octanol–water partition coefficient (Wildman–Crippen LogP) is 3.96. The zero-order chi connectivity index (χ0) is 23.0. The Morgan fingerprint density at radius 2 is 1.85 bits per heavy atom. The molecule has 164 valence electrons. The Labute approximate surface area is 192 Å². The van der Waals surface area contributed by atoms with Crippen LogP contribution < -0.4 is 10.6 Å². The second kappa shape index (κ2) is 10.4. The van der Waals surface area contributed by atoms with Crippen LogP contribution in [0.25, 0.3) is 5.69 Å². The Morgan fingerprint density at radius 1 is 1.06 bits per heavy atom. The standard InChI is InChI=1S/C26H24N6O/c1-19-17-32(18-30-19)23-11-12-24(29-16-23)31-26(33)25(22-5-3-2-4-6-22)28-14-13-20-7-9-21(15-27)10-8-20/h2-12,16-18,25,28H,13-14H2,1H3,(H,29,31,33)/t25-/m1/s1. The topological polar surface area (TPSA) is 95.6 Å². The van der Waals surface area contributed by atoms with Gasteiger partial charge in [0.05, 0.1) is 35.5 Å².